The summed E-state index contributed by atoms with van der Waals surface area (Å²) in [6, 6.07) is 1.19. The fourth-order valence-electron chi connectivity index (χ4n) is 1.57. The molecule has 0 heterocycles. The quantitative estimate of drug-likeness (QED) is 0.894. The summed E-state index contributed by atoms with van der Waals surface area (Å²) in [5, 5.41) is -0.380. The van der Waals surface area contributed by atoms with Crippen molar-refractivity contribution in [3.05, 3.63) is 33.8 Å². The van der Waals surface area contributed by atoms with Crippen LogP contribution in [0.25, 0.3) is 0 Å². The predicted molar refractivity (Wildman–Crippen MR) is 62.6 cm³/mol. The van der Waals surface area contributed by atoms with Gasteiger partial charge in [0.05, 0.1) is 11.5 Å². The third-order valence-electron chi connectivity index (χ3n) is 2.58. The Labute approximate surface area is 111 Å². The van der Waals surface area contributed by atoms with E-state index in [0.29, 0.717) is 12.1 Å². The molecule has 104 valence electrons. The van der Waals surface area contributed by atoms with Crippen LogP contribution >= 0.6 is 11.6 Å². The molecule has 0 aliphatic carbocycles. The lowest BCUT2D eigenvalue weighted by Crippen LogP contribution is -2.24. The van der Waals surface area contributed by atoms with Gasteiger partial charge in [0, 0.05) is 10.6 Å². The van der Waals surface area contributed by atoms with Crippen LogP contribution in [0.2, 0.25) is 5.02 Å². The molecule has 0 radical (unpaired) electrons. The first-order valence-electron chi connectivity index (χ1n) is 5.05. The van der Waals surface area contributed by atoms with Crippen LogP contribution < -0.4 is 11.5 Å². The number of rotatable bonds is 3. The molecule has 0 bridgehead atoms. The van der Waals surface area contributed by atoms with Gasteiger partial charge in [-0.25, -0.2) is 0 Å². The number of alkyl halides is 3. The van der Waals surface area contributed by atoms with Gasteiger partial charge >= 0.3 is 6.18 Å². The van der Waals surface area contributed by atoms with Crippen molar-refractivity contribution in [2.24, 2.45) is 11.5 Å². The molecule has 0 aliphatic rings. The number of amides is 2. The Kier molecular flexibility index (Phi) is 4.09. The van der Waals surface area contributed by atoms with E-state index in [1.54, 1.807) is 0 Å². The summed E-state index contributed by atoms with van der Waals surface area (Å²) in [4.78, 5) is 22.3. The fourth-order valence-corrected chi connectivity index (χ4v) is 1.95. The summed E-state index contributed by atoms with van der Waals surface area (Å²) in [6.07, 6.45) is -4.68. The summed E-state index contributed by atoms with van der Waals surface area (Å²) < 4.78 is 37.8. The monoisotopic (exact) mass is 294 g/mol. The zero-order valence-electron chi connectivity index (χ0n) is 9.72. The van der Waals surface area contributed by atoms with Gasteiger partial charge < -0.3 is 11.5 Å². The van der Waals surface area contributed by atoms with E-state index < -0.39 is 35.0 Å². The third kappa shape index (κ3) is 3.17. The van der Waals surface area contributed by atoms with Gasteiger partial charge in [0.1, 0.15) is 0 Å². The Balaban J connectivity index is 3.57. The topological polar surface area (TPSA) is 86.2 Å². The number of benzene rings is 1. The molecule has 4 nitrogen and oxygen atoms in total. The first-order valence-corrected chi connectivity index (χ1v) is 5.43. The number of hydrogen-bond acceptors (Lipinski definition) is 2. The molecule has 0 aliphatic heterocycles. The molecular formula is C11H10ClF3N2O2. The molecular weight excluding hydrogens is 285 g/mol. The highest BCUT2D eigenvalue weighted by molar-refractivity contribution is 6.32. The lowest BCUT2D eigenvalue weighted by atomic mass is 9.93. The maximum Gasteiger partial charge on any atom is 0.416 e. The second kappa shape index (κ2) is 5.08. The lowest BCUT2D eigenvalue weighted by Gasteiger charge is -2.16. The minimum absolute atomic E-state index is 0.102. The maximum atomic E-state index is 12.6. The van der Waals surface area contributed by atoms with Crippen LogP contribution in [0.1, 0.15) is 34.3 Å². The Morgan fingerprint density at radius 1 is 1.26 bits per heavy atom. The predicted octanol–water partition coefficient (Wildman–Crippen LogP) is 2.05. The van der Waals surface area contributed by atoms with Crippen molar-refractivity contribution in [1.82, 2.24) is 0 Å². The minimum Gasteiger partial charge on any atom is -0.369 e. The van der Waals surface area contributed by atoms with E-state index >= 15 is 0 Å². The van der Waals surface area contributed by atoms with Crippen LogP contribution in [0.3, 0.4) is 0 Å². The average molecular weight is 295 g/mol. The van der Waals surface area contributed by atoms with Crippen LogP contribution in [0.4, 0.5) is 13.2 Å². The van der Waals surface area contributed by atoms with Crippen molar-refractivity contribution >= 4 is 23.4 Å². The molecule has 1 aromatic carbocycles. The van der Waals surface area contributed by atoms with E-state index in [4.69, 9.17) is 23.1 Å². The summed E-state index contributed by atoms with van der Waals surface area (Å²) >= 11 is 5.71. The van der Waals surface area contributed by atoms with Gasteiger partial charge in [-0.1, -0.05) is 11.6 Å². The van der Waals surface area contributed by atoms with E-state index in [2.05, 4.69) is 0 Å². The SMILES string of the molecule is C[C@H](C(N)=O)c1c(Cl)cc(C(F)(F)F)cc1C(N)=O. The van der Waals surface area contributed by atoms with Crippen LogP contribution in [0.15, 0.2) is 12.1 Å². The summed E-state index contributed by atoms with van der Waals surface area (Å²) in [5.74, 6) is -2.97. The van der Waals surface area contributed by atoms with Crippen molar-refractivity contribution < 1.29 is 22.8 Å². The first kappa shape index (κ1) is 15.3. The zero-order chi connectivity index (χ0) is 15.0. The second-order valence-electron chi connectivity index (χ2n) is 3.91. The summed E-state index contributed by atoms with van der Waals surface area (Å²) in [5.41, 5.74) is 8.39. The highest BCUT2D eigenvalue weighted by Crippen LogP contribution is 2.36. The summed E-state index contributed by atoms with van der Waals surface area (Å²) in [7, 11) is 0. The van der Waals surface area contributed by atoms with Gasteiger partial charge in [0.25, 0.3) is 0 Å². The smallest absolute Gasteiger partial charge is 0.369 e. The maximum absolute atomic E-state index is 12.6. The van der Waals surface area contributed by atoms with Gasteiger partial charge in [-0.05, 0) is 24.6 Å². The van der Waals surface area contributed by atoms with Gasteiger partial charge in [-0.3, -0.25) is 9.59 Å². The number of halogens is 4. The zero-order valence-corrected chi connectivity index (χ0v) is 10.5. The molecule has 8 heteroatoms. The molecule has 1 rings (SSSR count). The normalized spacial score (nSPS) is 13.1. The molecule has 4 N–H and O–H groups in total. The van der Waals surface area contributed by atoms with Crippen molar-refractivity contribution in [3.8, 4) is 0 Å². The number of carbonyl (C=O) groups is 2. The fraction of sp³-hybridized carbons (Fsp3) is 0.273. The first-order chi connectivity index (χ1) is 8.55. The molecule has 1 aromatic rings. The van der Waals surface area contributed by atoms with E-state index in [0.717, 1.165) is 0 Å². The second-order valence-corrected chi connectivity index (χ2v) is 4.31. The van der Waals surface area contributed by atoms with Gasteiger partial charge in [-0.2, -0.15) is 13.2 Å². The third-order valence-corrected chi connectivity index (χ3v) is 2.89. The van der Waals surface area contributed by atoms with Crippen molar-refractivity contribution in [1.29, 1.82) is 0 Å². The molecule has 0 unspecified atom stereocenters. The molecule has 2 amide bonds. The Morgan fingerprint density at radius 2 is 1.79 bits per heavy atom. The number of nitrogens with two attached hydrogens (primary N) is 2. The van der Waals surface area contributed by atoms with Crippen LogP contribution in [-0.4, -0.2) is 11.8 Å². The van der Waals surface area contributed by atoms with Gasteiger partial charge in [0.2, 0.25) is 11.8 Å². The van der Waals surface area contributed by atoms with E-state index in [1.807, 2.05) is 0 Å². The van der Waals surface area contributed by atoms with Crippen molar-refractivity contribution in [3.63, 3.8) is 0 Å². The molecule has 0 aromatic heterocycles. The minimum atomic E-state index is -4.68. The standard InChI is InChI=1S/C11H10ClF3N2O2/c1-4(9(16)18)8-6(10(17)19)2-5(3-7(8)12)11(13,14)15/h2-4H,1H3,(H2,16,18)(H2,17,19)/t4-/m0/s1. The molecule has 0 saturated carbocycles. The Morgan fingerprint density at radius 3 is 2.16 bits per heavy atom. The van der Waals surface area contributed by atoms with E-state index in [-0.39, 0.29) is 10.6 Å². The van der Waals surface area contributed by atoms with Gasteiger partial charge in [0.15, 0.2) is 0 Å². The van der Waals surface area contributed by atoms with Crippen molar-refractivity contribution in [2.45, 2.75) is 19.0 Å². The lowest BCUT2D eigenvalue weighted by molar-refractivity contribution is -0.137. The molecule has 19 heavy (non-hydrogen) atoms. The largest absolute Gasteiger partial charge is 0.416 e. The number of hydrogen-bond donors (Lipinski definition) is 2. The molecule has 0 saturated heterocycles. The highest BCUT2D eigenvalue weighted by Gasteiger charge is 2.34. The van der Waals surface area contributed by atoms with Crippen molar-refractivity contribution in [2.75, 3.05) is 0 Å². The summed E-state index contributed by atoms with van der Waals surface area (Å²) in [6.45, 7) is 1.32. The van der Waals surface area contributed by atoms with Crippen LogP contribution in [-0.2, 0) is 11.0 Å². The average Bonchev–Trinajstić information content (AvgIpc) is 2.25. The van der Waals surface area contributed by atoms with Crippen LogP contribution in [0.5, 0.6) is 0 Å². The van der Waals surface area contributed by atoms with Gasteiger partial charge in [-0.15, -0.1) is 0 Å². The molecule has 1 atom stereocenters. The Hall–Kier alpha value is -1.76. The number of primary amides is 2. The van der Waals surface area contributed by atoms with Crippen LogP contribution in [0, 0.1) is 0 Å². The van der Waals surface area contributed by atoms with E-state index in [1.165, 1.54) is 6.92 Å². The molecule has 0 spiro atoms. The highest BCUT2D eigenvalue weighted by atomic mass is 35.5. The molecule has 0 fully saturated rings. The number of carbonyl (C=O) groups excluding carboxylic acids is 2. The Bertz CT molecular complexity index is 543. The van der Waals surface area contributed by atoms with E-state index in [9.17, 15) is 22.8 Å².